The van der Waals surface area contributed by atoms with E-state index in [0.29, 0.717) is 13.0 Å². The van der Waals surface area contributed by atoms with Gasteiger partial charge in [0.15, 0.2) is 0 Å². The lowest BCUT2D eigenvalue weighted by molar-refractivity contribution is -0.143. The smallest absolute Gasteiger partial charge is 0.305 e. The van der Waals surface area contributed by atoms with Gasteiger partial charge in [0.1, 0.15) is 0 Å². The number of rotatable bonds is 46. The molecule has 0 heterocycles. The Bertz CT molecular complexity index is 669. The predicted molar refractivity (Wildman–Crippen MR) is 235 cm³/mol. The summed E-state index contributed by atoms with van der Waals surface area (Å²) < 4.78 is 5.49. The molecular weight excluding hydrogens is 633 g/mol. The highest BCUT2D eigenvalue weighted by atomic mass is 16.5. The van der Waals surface area contributed by atoms with Gasteiger partial charge in [0.25, 0.3) is 0 Å². The monoisotopic (exact) mass is 731 g/mol. The number of hydrogen-bond acceptors (Lipinski definition) is 2. The van der Waals surface area contributed by atoms with Gasteiger partial charge in [0.05, 0.1) is 6.61 Å². The minimum Gasteiger partial charge on any atom is -0.466 e. The van der Waals surface area contributed by atoms with Crippen molar-refractivity contribution in [3.05, 3.63) is 12.2 Å². The second-order valence-corrected chi connectivity index (χ2v) is 16.8. The minimum atomic E-state index is 0.0283. The van der Waals surface area contributed by atoms with Gasteiger partial charge in [0.2, 0.25) is 0 Å². The largest absolute Gasteiger partial charge is 0.466 e. The first kappa shape index (κ1) is 51.2. The minimum absolute atomic E-state index is 0.0283. The lowest BCUT2D eigenvalue weighted by atomic mass is 10.0. The first-order valence-electron chi connectivity index (χ1n) is 24.6. The van der Waals surface area contributed by atoms with Gasteiger partial charge < -0.3 is 4.74 Å². The van der Waals surface area contributed by atoms with Gasteiger partial charge in [-0.05, 0) is 38.5 Å². The second kappa shape index (κ2) is 48.2. The molecule has 0 spiro atoms. The molecule has 0 aliphatic carbocycles. The zero-order valence-electron chi connectivity index (χ0n) is 36.3. The van der Waals surface area contributed by atoms with Crippen LogP contribution in [0.15, 0.2) is 12.2 Å². The van der Waals surface area contributed by atoms with E-state index >= 15 is 0 Å². The zero-order chi connectivity index (χ0) is 37.5. The molecule has 0 aliphatic heterocycles. The predicted octanol–water partition coefficient (Wildman–Crippen LogP) is 18.3. The van der Waals surface area contributed by atoms with Crippen LogP contribution in [-0.2, 0) is 9.53 Å². The summed E-state index contributed by atoms with van der Waals surface area (Å²) in [4.78, 5) is 12.0. The van der Waals surface area contributed by atoms with Crippen LogP contribution in [0.25, 0.3) is 0 Å². The molecule has 0 radical (unpaired) electrons. The fourth-order valence-electron chi connectivity index (χ4n) is 7.72. The highest BCUT2D eigenvalue weighted by Crippen LogP contribution is 2.17. The lowest BCUT2D eigenvalue weighted by Gasteiger charge is -2.06. The van der Waals surface area contributed by atoms with E-state index in [1.165, 1.54) is 263 Å². The van der Waals surface area contributed by atoms with E-state index in [2.05, 4.69) is 26.0 Å². The zero-order valence-corrected chi connectivity index (χ0v) is 36.3. The van der Waals surface area contributed by atoms with E-state index < -0.39 is 0 Å². The summed E-state index contributed by atoms with van der Waals surface area (Å²) >= 11 is 0. The molecule has 0 aromatic heterocycles. The van der Waals surface area contributed by atoms with Crippen LogP contribution in [0, 0.1) is 0 Å². The third-order valence-corrected chi connectivity index (χ3v) is 11.4. The highest BCUT2D eigenvalue weighted by molar-refractivity contribution is 5.69. The van der Waals surface area contributed by atoms with Crippen LogP contribution < -0.4 is 0 Å². The van der Waals surface area contributed by atoms with Crippen LogP contribution >= 0.6 is 0 Å². The van der Waals surface area contributed by atoms with Gasteiger partial charge >= 0.3 is 5.97 Å². The SMILES string of the molecule is CCCCCCCCC=CCCCCCCCCCCCC(=O)OCCCCCCCCCCCCCCCCCCCCCCCCCCCC. The average molecular weight is 731 g/mol. The molecule has 52 heavy (non-hydrogen) atoms. The number of esters is 1. The number of carbonyl (C=O) groups excluding carboxylic acids is 1. The van der Waals surface area contributed by atoms with Crippen LogP contribution in [-0.4, -0.2) is 12.6 Å². The van der Waals surface area contributed by atoms with Crippen molar-refractivity contribution in [3.8, 4) is 0 Å². The average Bonchev–Trinajstić information content (AvgIpc) is 3.15. The number of carbonyl (C=O) groups is 1. The van der Waals surface area contributed by atoms with Crippen molar-refractivity contribution in [2.24, 2.45) is 0 Å². The molecule has 0 rings (SSSR count). The Kier molecular flexibility index (Phi) is 47.5. The second-order valence-electron chi connectivity index (χ2n) is 16.8. The quantitative estimate of drug-likeness (QED) is 0.0354. The van der Waals surface area contributed by atoms with Crippen LogP contribution in [0.2, 0.25) is 0 Å². The van der Waals surface area contributed by atoms with Gasteiger partial charge in [-0.3, -0.25) is 4.79 Å². The van der Waals surface area contributed by atoms with Crippen molar-refractivity contribution in [1.82, 2.24) is 0 Å². The molecule has 0 amide bonds. The standard InChI is InChI=1S/C50H98O2/c1-3-5-7-9-11-13-15-17-19-21-23-24-25-26-27-28-29-31-33-35-37-39-41-43-45-47-49-52-50(51)48-46-44-42-40-38-36-34-32-30-22-20-18-16-14-12-10-8-6-4-2/h18,20H,3-17,19,21-49H2,1-2H3. The van der Waals surface area contributed by atoms with Crippen LogP contribution in [0.1, 0.15) is 296 Å². The molecule has 2 nitrogen and oxygen atoms in total. The first-order valence-corrected chi connectivity index (χ1v) is 24.6. The van der Waals surface area contributed by atoms with E-state index in [-0.39, 0.29) is 5.97 Å². The Morgan fingerprint density at radius 3 is 0.827 bits per heavy atom. The summed E-state index contributed by atoms with van der Waals surface area (Å²) in [5.41, 5.74) is 0. The molecule has 0 N–H and O–H groups in total. The summed E-state index contributed by atoms with van der Waals surface area (Å²) in [5.74, 6) is 0.0283. The van der Waals surface area contributed by atoms with Gasteiger partial charge in [-0.2, -0.15) is 0 Å². The molecule has 0 bridgehead atoms. The van der Waals surface area contributed by atoms with Crippen molar-refractivity contribution in [1.29, 1.82) is 0 Å². The van der Waals surface area contributed by atoms with E-state index in [1.54, 1.807) is 0 Å². The molecule has 310 valence electrons. The van der Waals surface area contributed by atoms with E-state index in [0.717, 1.165) is 12.8 Å². The Morgan fingerprint density at radius 2 is 0.538 bits per heavy atom. The van der Waals surface area contributed by atoms with Gasteiger partial charge in [-0.15, -0.1) is 0 Å². The maximum Gasteiger partial charge on any atom is 0.305 e. The number of hydrogen-bond donors (Lipinski definition) is 0. The van der Waals surface area contributed by atoms with E-state index in [1.807, 2.05) is 0 Å². The van der Waals surface area contributed by atoms with E-state index in [4.69, 9.17) is 4.74 Å². The Balaban J connectivity index is 3.16. The maximum absolute atomic E-state index is 12.0. The summed E-state index contributed by atoms with van der Waals surface area (Å²) in [6.45, 7) is 5.22. The van der Waals surface area contributed by atoms with Crippen LogP contribution in [0.5, 0.6) is 0 Å². The van der Waals surface area contributed by atoms with E-state index in [9.17, 15) is 4.79 Å². The van der Waals surface area contributed by atoms with Crippen LogP contribution in [0.3, 0.4) is 0 Å². The third kappa shape index (κ3) is 47.2. The molecular formula is C50H98O2. The Hall–Kier alpha value is -0.790. The normalized spacial score (nSPS) is 11.7. The summed E-state index contributed by atoms with van der Waals surface area (Å²) in [6, 6.07) is 0. The highest BCUT2D eigenvalue weighted by Gasteiger charge is 2.03. The van der Waals surface area contributed by atoms with Gasteiger partial charge in [0, 0.05) is 6.42 Å². The van der Waals surface area contributed by atoms with Crippen molar-refractivity contribution in [3.63, 3.8) is 0 Å². The molecule has 0 aromatic carbocycles. The summed E-state index contributed by atoms with van der Waals surface area (Å²) in [5, 5.41) is 0. The van der Waals surface area contributed by atoms with Crippen molar-refractivity contribution < 1.29 is 9.53 Å². The van der Waals surface area contributed by atoms with Gasteiger partial charge in [-0.25, -0.2) is 0 Å². The van der Waals surface area contributed by atoms with Gasteiger partial charge in [-0.1, -0.05) is 264 Å². The Labute approximate surface area is 329 Å². The Morgan fingerprint density at radius 1 is 0.308 bits per heavy atom. The van der Waals surface area contributed by atoms with Crippen LogP contribution in [0.4, 0.5) is 0 Å². The topological polar surface area (TPSA) is 26.3 Å². The molecule has 0 fully saturated rings. The fourth-order valence-corrected chi connectivity index (χ4v) is 7.72. The van der Waals surface area contributed by atoms with Crippen molar-refractivity contribution in [2.75, 3.05) is 6.61 Å². The lowest BCUT2D eigenvalue weighted by Crippen LogP contribution is -2.05. The number of allylic oxidation sites excluding steroid dienone is 2. The summed E-state index contributed by atoms with van der Waals surface area (Å²) in [7, 11) is 0. The molecule has 0 saturated heterocycles. The molecule has 0 aliphatic rings. The number of unbranched alkanes of at least 4 members (excludes halogenated alkanes) is 40. The molecule has 2 heteroatoms. The molecule has 0 atom stereocenters. The van der Waals surface area contributed by atoms with Crippen molar-refractivity contribution >= 4 is 5.97 Å². The first-order chi connectivity index (χ1) is 25.8. The summed E-state index contributed by atoms with van der Waals surface area (Å²) in [6.07, 6.45) is 64.9. The maximum atomic E-state index is 12.0. The molecule has 0 aromatic rings. The fraction of sp³-hybridized carbons (Fsp3) is 0.940. The van der Waals surface area contributed by atoms with Crippen molar-refractivity contribution in [2.45, 2.75) is 296 Å². The molecule has 0 saturated carbocycles. The number of ether oxygens (including phenoxy) is 1. The molecule has 0 unspecified atom stereocenters. The third-order valence-electron chi connectivity index (χ3n) is 11.4.